The highest BCUT2D eigenvalue weighted by Crippen LogP contribution is 2.26. The number of aryl methyl sites for hydroxylation is 1. The molecule has 0 bridgehead atoms. The lowest BCUT2D eigenvalue weighted by Crippen LogP contribution is -2.38. The van der Waals surface area contributed by atoms with Gasteiger partial charge < -0.3 is 9.64 Å². The molecule has 2 heterocycles. The third kappa shape index (κ3) is 4.51. The van der Waals surface area contributed by atoms with E-state index in [1.807, 2.05) is 24.3 Å². The van der Waals surface area contributed by atoms with E-state index in [1.165, 1.54) is 11.3 Å². The number of hydrogen-bond acceptors (Lipinski definition) is 5. The molecule has 7 heteroatoms. The average molecular weight is 392 g/mol. The zero-order chi connectivity index (χ0) is 18.5. The second-order valence-electron chi connectivity index (χ2n) is 5.97. The number of amides is 1. The van der Waals surface area contributed by atoms with Crippen molar-refractivity contribution in [1.29, 1.82) is 0 Å². The first-order valence-electron chi connectivity index (χ1n) is 8.37. The molecule has 3 rings (SSSR count). The molecule has 1 aromatic carbocycles. The van der Waals surface area contributed by atoms with Crippen LogP contribution >= 0.6 is 22.9 Å². The van der Waals surface area contributed by atoms with Crippen LogP contribution in [-0.2, 0) is 20.7 Å². The number of thiophene rings is 1. The summed E-state index contributed by atoms with van der Waals surface area (Å²) in [5.74, 6) is -0.961. The molecule has 1 aliphatic heterocycles. The summed E-state index contributed by atoms with van der Waals surface area (Å²) in [6.45, 7) is 0.303. The topological polar surface area (TPSA) is 63.7 Å². The lowest BCUT2D eigenvalue weighted by atomic mass is 10.0. The lowest BCUT2D eigenvalue weighted by molar-refractivity contribution is -0.147. The monoisotopic (exact) mass is 391 g/mol. The van der Waals surface area contributed by atoms with Crippen LogP contribution in [0.15, 0.2) is 36.4 Å². The van der Waals surface area contributed by atoms with Crippen molar-refractivity contribution in [2.75, 3.05) is 18.1 Å². The average Bonchev–Trinajstić information content (AvgIpc) is 3.10. The summed E-state index contributed by atoms with van der Waals surface area (Å²) in [6, 6.07) is 11.0. The number of carbonyl (C=O) groups is 3. The number of Topliss-reactive ketones (excluding diaryl/α,β-unsaturated/α-hetero) is 1. The third-order valence-electron chi connectivity index (χ3n) is 4.17. The van der Waals surface area contributed by atoms with Crippen LogP contribution in [0.25, 0.3) is 0 Å². The normalized spacial score (nSPS) is 13.2. The van der Waals surface area contributed by atoms with Crippen molar-refractivity contribution < 1.29 is 19.1 Å². The van der Waals surface area contributed by atoms with Gasteiger partial charge >= 0.3 is 5.97 Å². The smallest absolute Gasteiger partial charge is 0.306 e. The predicted octanol–water partition coefficient (Wildman–Crippen LogP) is 3.89. The van der Waals surface area contributed by atoms with Crippen LogP contribution in [0.2, 0.25) is 4.34 Å². The van der Waals surface area contributed by atoms with E-state index in [-0.39, 0.29) is 31.1 Å². The molecule has 0 spiro atoms. The molecule has 0 radical (unpaired) electrons. The fourth-order valence-corrected chi connectivity index (χ4v) is 3.90. The van der Waals surface area contributed by atoms with E-state index in [2.05, 4.69) is 0 Å². The first-order chi connectivity index (χ1) is 12.5. The fourth-order valence-electron chi connectivity index (χ4n) is 2.89. The number of fused-ring (bicyclic) bond motifs is 1. The third-order valence-corrected chi connectivity index (χ3v) is 5.44. The van der Waals surface area contributed by atoms with E-state index in [1.54, 1.807) is 17.0 Å². The van der Waals surface area contributed by atoms with E-state index in [9.17, 15) is 14.4 Å². The molecule has 26 heavy (non-hydrogen) atoms. The molecule has 0 atom stereocenters. The Morgan fingerprint density at radius 1 is 1.12 bits per heavy atom. The summed E-state index contributed by atoms with van der Waals surface area (Å²) in [6.07, 6.45) is 1.80. The number of para-hydroxylation sites is 1. The Labute approximate surface area is 160 Å². The van der Waals surface area contributed by atoms with Crippen LogP contribution < -0.4 is 4.90 Å². The number of halogens is 1. The van der Waals surface area contributed by atoms with Crippen molar-refractivity contribution in [2.24, 2.45) is 0 Å². The Bertz CT molecular complexity index is 832. The number of hydrogen-bond donors (Lipinski definition) is 0. The Hall–Kier alpha value is -2.18. The van der Waals surface area contributed by atoms with Crippen molar-refractivity contribution in [3.63, 3.8) is 0 Å². The van der Waals surface area contributed by atoms with Gasteiger partial charge in [-0.1, -0.05) is 29.8 Å². The minimum Gasteiger partial charge on any atom is -0.456 e. The van der Waals surface area contributed by atoms with Gasteiger partial charge in [-0.25, -0.2) is 0 Å². The van der Waals surface area contributed by atoms with Crippen molar-refractivity contribution in [3.8, 4) is 0 Å². The standard InChI is InChI=1S/C19H18ClNO4S/c20-17-9-8-16(26-17)15(22)7-10-19(24)25-12-18(23)21-11-3-5-13-4-1-2-6-14(13)21/h1-2,4,6,8-9H,3,5,7,10-12H2. The van der Waals surface area contributed by atoms with Crippen molar-refractivity contribution in [1.82, 2.24) is 0 Å². The first kappa shape index (κ1) is 18.6. The van der Waals surface area contributed by atoms with Gasteiger partial charge in [0, 0.05) is 18.7 Å². The van der Waals surface area contributed by atoms with Crippen molar-refractivity contribution in [2.45, 2.75) is 25.7 Å². The minimum absolute atomic E-state index is 0.0381. The zero-order valence-electron chi connectivity index (χ0n) is 14.1. The predicted molar refractivity (Wildman–Crippen MR) is 101 cm³/mol. The van der Waals surface area contributed by atoms with E-state index in [0.717, 1.165) is 24.1 Å². The number of carbonyl (C=O) groups excluding carboxylic acids is 3. The SMILES string of the molecule is O=C(CCC(=O)c1ccc(Cl)s1)OCC(=O)N1CCCc2ccccc21. The van der Waals surface area contributed by atoms with Crippen LogP contribution in [0.4, 0.5) is 5.69 Å². The number of benzene rings is 1. The van der Waals surface area contributed by atoms with Gasteiger partial charge in [-0.2, -0.15) is 0 Å². The van der Waals surface area contributed by atoms with Crippen LogP contribution in [0.1, 0.15) is 34.5 Å². The lowest BCUT2D eigenvalue weighted by Gasteiger charge is -2.29. The summed E-state index contributed by atoms with van der Waals surface area (Å²) in [4.78, 5) is 38.4. The number of anilines is 1. The molecule has 1 aromatic heterocycles. The Kier molecular flexibility index (Phi) is 6.06. The number of nitrogens with zero attached hydrogens (tertiary/aromatic N) is 1. The summed E-state index contributed by atoms with van der Waals surface area (Å²) in [5.41, 5.74) is 2.00. The molecule has 0 fully saturated rings. The fraction of sp³-hybridized carbons (Fsp3) is 0.316. The molecule has 1 amide bonds. The zero-order valence-corrected chi connectivity index (χ0v) is 15.6. The highest BCUT2D eigenvalue weighted by Gasteiger charge is 2.23. The van der Waals surface area contributed by atoms with E-state index < -0.39 is 5.97 Å². The van der Waals surface area contributed by atoms with Gasteiger partial charge in [0.15, 0.2) is 12.4 Å². The second-order valence-corrected chi connectivity index (χ2v) is 7.68. The minimum atomic E-state index is -0.556. The quantitative estimate of drug-likeness (QED) is 0.553. The van der Waals surface area contributed by atoms with Gasteiger partial charge in [-0.05, 0) is 36.6 Å². The molecule has 136 valence electrons. The summed E-state index contributed by atoms with van der Waals surface area (Å²) < 4.78 is 5.59. The van der Waals surface area contributed by atoms with Gasteiger partial charge in [0.25, 0.3) is 5.91 Å². The summed E-state index contributed by atoms with van der Waals surface area (Å²) in [5, 5.41) is 0. The number of rotatable bonds is 6. The van der Waals surface area contributed by atoms with Gasteiger partial charge in [0.2, 0.25) is 0 Å². The van der Waals surface area contributed by atoms with Crippen LogP contribution in [0.5, 0.6) is 0 Å². The van der Waals surface area contributed by atoms with Crippen LogP contribution in [0, 0.1) is 0 Å². The first-order valence-corrected chi connectivity index (χ1v) is 9.56. The van der Waals surface area contributed by atoms with Gasteiger partial charge in [-0.3, -0.25) is 14.4 Å². The van der Waals surface area contributed by atoms with Crippen molar-refractivity contribution >= 4 is 46.3 Å². The summed E-state index contributed by atoms with van der Waals surface area (Å²) in [7, 11) is 0. The molecule has 5 nitrogen and oxygen atoms in total. The maximum absolute atomic E-state index is 12.4. The Morgan fingerprint density at radius 2 is 1.92 bits per heavy atom. The molecule has 2 aromatic rings. The van der Waals surface area contributed by atoms with E-state index in [4.69, 9.17) is 16.3 Å². The molecule has 0 N–H and O–H groups in total. The molecule has 1 aliphatic rings. The molecular weight excluding hydrogens is 374 g/mol. The number of ketones is 1. The van der Waals surface area contributed by atoms with Crippen molar-refractivity contribution in [3.05, 3.63) is 51.2 Å². The summed E-state index contributed by atoms with van der Waals surface area (Å²) >= 11 is 6.98. The molecule has 0 unspecified atom stereocenters. The van der Waals surface area contributed by atoms with E-state index >= 15 is 0 Å². The van der Waals surface area contributed by atoms with Crippen LogP contribution in [0.3, 0.4) is 0 Å². The maximum Gasteiger partial charge on any atom is 0.306 e. The van der Waals surface area contributed by atoms with E-state index in [0.29, 0.717) is 15.8 Å². The highest BCUT2D eigenvalue weighted by molar-refractivity contribution is 7.18. The second kappa shape index (κ2) is 8.47. The van der Waals surface area contributed by atoms with Crippen LogP contribution in [-0.4, -0.2) is 30.8 Å². The van der Waals surface area contributed by atoms with Gasteiger partial charge in [-0.15, -0.1) is 11.3 Å². The number of esters is 1. The largest absolute Gasteiger partial charge is 0.456 e. The molecule has 0 saturated heterocycles. The maximum atomic E-state index is 12.4. The van der Waals surface area contributed by atoms with Gasteiger partial charge in [0.1, 0.15) is 0 Å². The Morgan fingerprint density at radius 3 is 2.69 bits per heavy atom. The van der Waals surface area contributed by atoms with Gasteiger partial charge in [0.05, 0.1) is 15.6 Å². The molecule has 0 saturated carbocycles. The Balaban J connectivity index is 1.47. The molecular formula is C19H18ClNO4S. The number of ether oxygens (including phenoxy) is 1. The molecule has 0 aliphatic carbocycles. The highest BCUT2D eigenvalue weighted by atomic mass is 35.5.